The second-order valence-electron chi connectivity index (χ2n) is 6.97. The molecule has 0 aliphatic carbocycles. The van der Waals surface area contributed by atoms with Gasteiger partial charge in [-0.25, -0.2) is 9.97 Å². The highest BCUT2D eigenvalue weighted by Gasteiger charge is 2.17. The van der Waals surface area contributed by atoms with Crippen molar-refractivity contribution in [2.45, 2.75) is 27.3 Å². The molecule has 4 aromatic rings. The minimum atomic E-state index is -0.195. The van der Waals surface area contributed by atoms with Crippen LogP contribution in [0.5, 0.6) is 0 Å². The van der Waals surface area contributed by atoms with E-state index in [0.29, 0.717) is 29.4 Å². The van der Waals surface area contributed by atoms with Crippen molar-refractivity contribution < 1.29 is 9.32 Å². The molecular formula is C23H21N5O2. The van der Waals surface area contributed by atoms with Crippen LogP contribution in [0.1, 0.15) is 33.2 Å². The van der Waals surface area contributed by atoms with Crippen LogP contribution < -0.4 is 5.32 Å². The Bertz CT molecular complexity index is 1160. The molecular weight excluding hydrogens is 378 g/mol. The molecule has 0 saturated heterocycles. The van der Waals surface area contributed by atoms with E-state index in [1.165, 1.54) is 0 Å². The van der Waals surface area contributed by atoms with Crippen molar-refractivity contribution in [3.8, 4) is 22.5 Å². The predicted molar refractivity (Wildman–Crippen MR) is 113 cm³/mol. The summed E-state index contributed by atoms with van der Waals surface area (Å²) in [6, 6.07) is 13.7. The van der Waals surface area contributed by atoms with Gasteiger partial charge in [-0.3, -0.25) is 9.78 Å². The molecule has 150 valence electrons. The molecule has 1 aromatic carbocycles. The Balaban J connectivity index is 1.55. The zero-order valence-electron chi connectivity index (χ0n) is 17.0. The fraction of sp³-hybridized carbons (Fsp3) is 0.174. The summed E-state index contributed by atoms with van der Waals surface area (Å²) in [5.41, 5.74) is 5.53. The molecule has 0 fully saturated rings. The van der Waals surface area contributed by atoms with Crippen LogP contribution in [0.3, 0.4) is 0 Å². The maximum Gasteiger partial charge on any atom is 0.257 e. The molecule has 0 aliphatic rings. The zero-order chi connectivity index (χ0) is 21.1. The summed E-state index contributed by atoms with van der Waals surface area (Å²) in [6.07, 6.45) is 3.56. The number of aryl methyl sites for hydroxylation is 3. The van der Waals surface area contributed by atoms with Crippen molar-refractivity contribution in [2.75, 3.05) is 0 Å². The van der Waals surface area contributed by atoms with E-state index < -0.39 is 0 Å². The highest BCUT2D eigenvalue weighted by Crippen LogP contribution is 2.29. The Kier molecular flexibility index (Phi) is 5.34. The van der Waals surface area contributed by atoms with Gasteiger partial charge >= 0.3 is 0 Å². The second kappa shape index (κ2) is 8.24. The lowest BCUT2D eigenvalue weighted by atomic mass is 10.0. The first-order chi connectivity index (χ1) is 14.5. The van der Waals surface area contributed by atoms with E-state index in [2.05, 4.69) is 25.4 Å². The quantitative estimate of drug-likeness (QED) is 0.544. The van der Waals surface area contributed by atoms with Gasteiger partial charge in [0.1, 0.15) is 17.1 Å². The van der Waals surface area contributed by atoms with Crippen LogP contribution in [-0.2, 0) is 6.54 Å². The van der Waals surface area contributed by atoms with Gasteiger partial charge in [0, 0.05) is 30.1 Å². The Morgan fingerprint density at radius 2 is 1.83 bits per heavy atom. The van der Waals surface area contributed by atoms with Gasteiger partial charge in [0.15, 0.2) is 0 Å². The van der Waals surface area contributed by atoms with E-state index in [0.717, 1.165) is 28.1 Å². The minimum absolute atomic E-state index is 0.195. The normalized spacial score (nSPS) is 10.8. The Morgan fingerprint density at radius 1 is 1.03 bits per heavy atom. The molecule has 0 radical (unpaired) electrons. The minimum Gasteiger partial charge on any atom is -0.361 e. The molecule has 7 heteroatoms. The number of hydrogen-bond donors (Lipinski definition) is 1. The van der Waals surface area contributed by atoms with Crippen molar-refractivity contribution in [2.24, 2.45) is 0 Å². The van der Waals surface area contributed by atoms with E-state index in [4.69, 9.17) is 4.52 Å². The lowest BCUT2D eigenvalue weighted by Crippen LogP contribution is -2.23. The smallest absolute Gasteiger partial charge is 0.257 e. The van der Waals surface area contributed by atoms with Crippen LogP contribution in [0.2, 0.25) is 0 Å². The summed E-state index contributed by atoms with van der Waals surface area (Å²) in [7, 11) is 0. The first-order valence-electron chi connectivity index (χ1n) is 9.58. The van der Waals surface area contributed by atoms with Crippen LogP contribution in [-0.4, -0.2) is 26.0 Å². The van der Waals surface area contributed by atoms with Crippen LogP contribution in [0, 0.1) is 20.8 Å². The summed E-state index contributed by atoms with van der Waals surface area (Å²) >= 11 is 0. The molecule has 0 atom stereocenters. The lowest BCUT2D eigenvalue weighted by Gasteiger charge is -2.10. The number of carbonyl (C=O) groups is 1. The number of pyridine rings is 1. The molecule has 0 unspecified atom stereocenters. The molecule has 1 N–H and O–H groups in total. The lowest BCUT2D eigenvalue weighted by molar-refractivity contribution is 0.0949. The van der Waals surface area contributed by atoms with Gasteiger partial charge in [-0.2, -0.15) is 0 Å². The van der Waals surface area contributed by atoms with Gasteiger partial charge in [0.2, 0.25) is 0 Å². The molecule has 4 rings (SSSR count). The van der Waals surface area contributed by atoms with Crippen LogP contribution in [0.4, 0.5) is 0 Å². The van der Waals surface area contributed by atoms with Crippen molar-refractivity contribution in [1.82, 2.24) is 25.4 Å². The Hall–Kier alpha value is -3.87. The number of aromatic nitrogens is 4. The predicted octanol–water partition coefficient (Wildman–Crippen LogP) is 4.05. The fourth-order valence-electron chi connectivity index (χ4n) is 3.26. The molecule has 1 amide bonds. The second-order valence-corrected chi connectivity index (χ2v) is 6.97. The Labute approximate surface area is 174 Å². The van der Waals surface area contributed by atoms with Gasteiger partial charge in [-0.15, -0.1) is 0 Å². The highest BCUT2D eigenvalue weighted by atomic mass is 16.5. The SMILES string of the molecule is Cc1ncc(-c2ccccn2)c(-c2ccc(CNC(=O)c3c(C)noc3C)cc2)n1. The third kappa shape index (κ3) is 3.96. The number of nitrogens with zero attached hydrogens (tertiary/aromatic N) is 4. The van der Waals surface area contributed by atoms with Crippen LogP contribution in [0.15, 0.2) is 59.4 Å². The van der Waals surface area contributed by atoms with Crippen molar-refractivity contribution in [3.05, 3.63) is 83.3 Å². The molecule has 0 spiro atoms. The molecule has 0 bridgehead atoms. The number of benzene rings is 1. The Morgan fingerprint density at radius 3 is 2.50 bits per heavy atom. The third-order valence-electron chi connectivity index (χ3n) is 4.79. The highest BCUT2D eigenvalue weighted by molar-refractivity contribution is 5.96. The van der Waals surface area contributed by atoms with Gasteiger partial charge in [0.25, 0.3) is 5.91 Å². The standard InChI is InChI=1S/C23H21N5O2/c1-14-21(15(2)30-28-14)23(29)26-12-17-7-9-18(10-8-17)22-19(13-25-16(3)27-22)20-6-4-5-11-24-20/h4-11,13H,12H2,1-3H3,(H,26,29). The van der Waals surface area contributed by atoms with Crippen molar-refractivity contribution in [1.29, 1.82) is 0 Å². The number of rotatable bonds is 5. The summed E-state index contributed by atoms with van der Waals surface area (Å²) in [5, 5.41) is 6.74. The third-order valence-corrected chi connectivity index (χ3v) is 4.79. The molecule has 3 heterocycles. The average molecular weight is 399 g/mol. The molecule has 30 heavy (non-hydrogen) atoms. The van der Waals surface area contributed by atoms with Crippen molar-refractivity contribution in [3.63, 3.8) is 0 Å². The number of carbonyl (C=O) groups excluding carboxylic acids is 1. The average Bonchev–Trinajstić information content (AvgIpc) is 3.11. The summed E-state index contributed by atoms with van der Waals surface area (Å²) in [4.78, 5) is 25.8. The van der Waals surface area contributed by atoms with E-state index >= 15 is 0 Å². The number of amides is 1. The first-order valence-corrected chi connectivity index (χ1v) is 9.58. The van der Waals surface area contributed by atoms with E-state index in [1.54, 1.807) is 26.2 Å². The van der Waals surface area contributed by atoms with Gasteiger partial charge in [-0.05, 0) is 38.5 Å². The maximum atomic E-state index is 12.4. The zero-order valence-corrected chi connectivity index (χ0v) is 17.0. The summed E-state index contributed by atoms with van der Waals surface area (Å²) < 4.78 is 5.06. The van der Waals surface area contributed by atoms with E-state index in [1.807, 2.05) is 49.4 Å². The fourth-order valence-corrected chi connectivity index (χ4v) is 3.26. The number of nitrogens with one attached hydrogen (secondary N) is 1. The maximum absolute atomic E-state index is 12.4. The van der Waals surface area contributed by atoms with E-state index in [-0.39, 0.29) is 5.91 Å². The van der Waals surface area contributed by atoms with Gasteiger partial charge in [0.05, 0.1) is 17.1 Å². The first kappa shape index (κ1) is 19.4. The van der Waals surface area contributed by atoms with Crippen molar-refractivity contribution >= 4 is 5.91 Å². The summed E-state index contributed by atoms with van der Waals surface area (Å²) in [6.45, 7) is 5.75. The topological polar surface area (TPSA) is 93.8 Å². The molecule has 7 nitrogen and oxygen atoms in total. The van der Waals surface area contributed by atoms with E-state index in [9.17, 15) is 4.79 Å². The number of hydrogen-bond acceptors (Lipinski definition) is 6. The van der Waals surface area contributed by atoms with Crippen LogP contribution >= 0.6 is 0 Å². The molecule has 3 aromatic heterocycles. The van der Waals surface area contributed by atoms with Gasteiger partial charge < -0.3 is 9.84 Å². The largest absolute Gasteiger partial charge is 0.361 e. The molecule has 0 aliphatic heterocycles. The molecule has 0 saturated carbocycles. The van der Waals surface area contributed by atoms with Gasteiger partial charge in [-0.1, -0.05) is 35.5 Å². The van der Waals surface area contributed by atoms with Crippen LogP contribution in [0.25, 0.3) is 22.5 Å². The monoisotopic (exact) mass is 399 g/mol. The summed E-state index contributed by atoms with van der Waals surface area (Å²) in [5.74, 6) is 1.02.